The Kier molecular flexibility index (Phi) is 7.53. The first-order valence-corrected chi connectivity index (χ1v) is 9.36. The smallest absolute Gasteiger partial charge is 0.316 e. The molecule has 26 heavy (non-hydrogen) atoms. The molecular formula is C20H23NO4S. The average molecular weight is 373 g/mol. The summed E-state index contributed by atoms with van der Waals surface area (Å²) in [7, 11) is 1.58. The molecular weight excluding hydrogens is 350 g/mol. The molecule has 2 rings (SSSR count). The van der Waals surface area contributed by atoms with Gasteiger partial charge < -0.3 is 15.2 Å². The Balaban J connectivity index is 1.81. The van der Waals surface area contributed by atoms with E-state index in [4.69, 9.17) is 4.74 Å². The van der Waals surface area contributed by atoms with Crippen LogP contribution in [0.1, 0.15) is 17.5 Å². The molecule has 0 bridgehead atoms. The van der Waals surface area contributed by atoms with Gasteiger partial charge in [-0.3, -0.25) is 9.59 Å². The molecule has 0 aliphatic carbocycles. The fourth-order valence-corrected chi connectivity index (χ4v) is 3.23. The molecule has 0 saturated heterocycles. The van der Waals surface area contributed by atoms with Crippen molar-refractivity contribution in [2.75, 3.05) is 18.2 Å². The molecule has 1 atom stereocenters. The summed E-state index contributed by atoms with van der Waals surface area (Å²) in [6, 6.07) is 15.0. The maximum absolute atomic E-state index is 12.0. The monoisotopic (exact) mass is 373 g/mol. The number of benzene rings is 2. The molecule has 0 aromatic heterocycles. The zero-order chi connectivity index (χ0) is 18.9. The van der Waals surface area contributed by atoms with Gasteiger partial charge in [-0.25, -0.2) is 0 Å². The lowest BCUT2D eigenvalue weighted by Gasteiger charge is -2.12. The minimum atomic E-state index is -0.889. The number of carbonyl (C=O) groups excluding carboxylic acids is 1. The molecule has 0 radical (unpaired) electrons. The third-order valence-corrected chi connectivity index (χ3v) is 5.15. The lowest BCUT2D eigenvalue weighted by Crippen LogP contribution is -2.22. The summed E-state index contributed by atoms with van der Waals surface area (Å²) in [5.74, 6) is -0.308. The molecule has 2 N–H and O–H groups in total. The number of aryl methyl sites for hydroxylation is 2. The van der Waals surface area contributed by atoms with Crippen molar-refractivity contribution >= 4 is 29.3 Å². The Morgan fingerprint density at radius 1 is 1.12 bits per heavy atom. The number of anilines is 1. The second kappa shape index (κ2) is 9.87. The number of thioether (sulfide) groups is 1. The van der Waals surface area contributed by atoms with E-state index in [2.05, 4.69) is 5.32 Å². The first kappa shape index (κ1) is 19.8. The number of ether oxygens (including phenoxy) is 1. The first-order chi connectivity index (χ1) is 12.5. The third kappa shape index (κ3) is 6.44. The van der Waals surface area contributed by atoms with Gasteiger partial charge in [0.15, 0.2) is 0 Å². The van der Waals surface area contributed by atoms with Crippen LogP contribution in [-0.4, -0.2) is 35.1 Å². The van der Waals surface area contributed by atoms with Gasteiger partial charge in [0, 0.05) is 5.69 Å². The molecule has 0 saturated carbocycles. The van der Waals surface area contributed by atoms with Crippen molar-refractivity contribution in [2.24, 2.45) is 0 Å². The highest BCUT2D eigenvalue weighted by molar-refractivity contribution is 8.01. The molecule has 0 aliphatic rings. The molecule has 5 nitrogen and oxygen atoms in total. The number of methoxy groups -OCH3 is 1. The molecule has 0 fully saturated rings. The summed E-state index contributed by atoms with van der Waals surface area (Å²) < 4.78 is 5.07. The van der Waals surface area contributed by atoms with E-state index in [1.165, 1.54) is 5.56 Å². The normalized spacial score (nSPS) is 11.6. The van der Waals surface area contributed by atoms with Crippen molar-refractivity contribution in [3.8, 4) is 5.75 Å². The molecule has 1 amide bonds. The number of carboxylic acids is 1. The number of hydrogen-bond acceptors (Lipinski definition) is 4. The van der Waals surface area contributed by atoms with Gasteiger partial charge in [0.1, 0.15) is 11.0 Å². The summed E-state index contributed by atoms with van der Waals surface area (Å²) in [6.45, 7) is 2.01. The summed E-state index contributed by atoms with van der Waals surface area (Å²) in [5.41, 5.74) is 2.93. The predicted octanol–water partition coefficient (Wildman–Crippen LogP) is 3.76. The second-order valence-corrected chi connectivity index (χ2v) is 7.13. The number of aliphatic carboxylic acids is 1. The first-order valence-electron chi connectivity index (χ1n) is 8.32. The minimum Gasteiger partial charge on any atom is -0.497 e. The predicted molar refractivity (Wildman–Crippen MR) is 105 cm³/mol. The molecule has 2 aromatic rings. The van der Waals surface area contributed by atoms with Crippen LogP contribution < -0.4 is 10.1 Å². The number of hydrogen-bond donors (Lipinski definition) is 2. The van der Waals surface area contributed by atoms with E-state index in [0.717, 1.165) is 17.3 Å². The number of nitrogens with one attached hydrogen (secondary N) is 1. The third-order valence-electron chi connectivity index (χ3n) is 3.88. The van der Waals surface area contributed by atoms with E-state index >= 15 is 0 Å². The molecule has 138 valence electrons. The zero-order valence-corrected chi connectivity index (χ0v) is 15.7. The Morgan fingerprint density at radius 3 is 2.35 bits per heavy atom. The van der Waals surface area contributed by atoms with Crippen molar-refractivity contribution in [1.29, 1.82) is 0 Å². The summed E-state index contributed by atoms with van der Waals surface area (Å²) in [5, 5.41) is 11.5. The number of carbonyl (C=O) groups is 2. The molecule has 2 aromatic carbocycles. The number of rotatable bonds is 9. The van der Waals surface area contributed by atoms with E-state index in [0.29, 0.717) is 24.3 Å². The summed E-state index contributed by atoms with van der Waals surface area (Å²) in [4.78, 5) is 23.5. The van der Waals surface area contributed by atoms with Crippen molar-refractivity contribution < 1.29 is 19.4 Å². The maximum atomic E-state index is 12.0. The standard InChI is InChI=1S/C20H23NO4S/c1-14-3-5-15(6-4-14)7-12-18(20(23)24)26-13-19(22)21-16-8-10-17(25-2)11-9-16/h3-6,8-11,18H,7,12-13H2,1-2H3,(H,21,22)(H,23,24). The minimum absolute atomic E-state index is 0.0941. The van der Waals surface area contributed by atoms with Gasteiger partial charge in [-0.05, 0) is 49.6 Å². The highest BCUT2D eigenvalue weighted by Gasteiger charge is 2.19. The van der Waals surface area contributed by atoms with E-state index in [1.54, 1.807) is 31.4 Å². The largest absolute Gasteiger partial charge is 0.497 e. The fourth-order valence-electron chi connectivity index (χ4n) is 2.38. The van der Waals surface area contributed by atoms with Crippen molar-refractivity contribution in [2.45, 2.75) is 25.0 Å². The maximum Gasteiger partial charge on any atom is 0.316 e. The van der Waals surface area contributed by atoms with Crippen LogP contribution in [0.4, 0.5) is 5.69 Å². The summed E-state index contributed by atoms with van der Waals surface area (Å²) in [6.07, 6.45) is 1.16. The topological polar surface area (TPSA) is 75.6 Å². The summed E-state index contributed by atoms with van der Waals surface area (Å²) >= 11 is 1.15. The molecule has 0 aliphatic heterocycles. The molecule has 0 heterocycles. The van der Waals surface area contributed by atoms with Gasteiger partial charge >= 0.3 is 5.97 Å². The van der Waals surface area contributed by atoms with Crippen molar-refractivity contribution in [3.05, 3.63) is 59.7 Å². The van der Waals surface area contributed by atoms with Crippen molar-refractivity contribution in [1.82, 2.24) is 0 Å². The van der Waals surface area contributed by atoms with Crippen LogP contribution >= 0.6 is 11.8 Å². The van der Waals surface area contributed by atoms with Crippen LogP contribution in [0.5, 0.6) is 5.75 Å². The Bertz CT molecular complexity index is 728. The van der Waals surface area contributed by atoms with Crippen LogP contribution in [0.25, 0.3) is 0 Å². The molecule has 0 spiro atoms. The Hall–Kier alpha value is -2.47. The van der Waals surface area contributed by atoms with Gasteiger partial charge in [-0.2, -0.15) is 0 Å². The number of amides is 1. The number of carboxylic acid groups (broad SMARTS) is 1. The second-order valence-electron chi connectivity index (χ2n) is 5.94. The quantitative estimate of drug-likeness (QED) is 0.700. The van der Waals surface area contributed by atoms with Gasteiger partial charge in [-0.1, -0.05) is 29.8 Å². The fraction of sp³-hybridized carbons (Fsp3) is 0.300. The lowest BCUT2D eigenvalue weighted by molar-refractivity contribution is -0.136. The Morgan fingerprint density at radius 2 is 1.77 bits per heavy atom. The Labute approximate surface area is 157 Å². The SMILES string of the molecule is COc1ccc(NC(=O)CSC(CCc2ccc(C)cc2)C(=O)O)cc1. The van der Waals surface area contributed by atoms with E-state index in [-0.39, 0.29) is 11.7 Å². The average Bonchev–Trinajstić information content (AvgIpc) is 2.63. The van der Waals surface area contributed by atoms with Crippen LogP contribution in [-0.2, 0) is 16.0 Å². The lowest BCUT2D eigenvalue weighted by atomic mass is 10.1. The van der Waals surface area contributed by atoms with Crippen LogP contribution in [0.15, 0.2) is 48.5 Å². The van der Waals surface area contributed by atoms with Crippen molar-refractivity contribution in [3.63, 3.8) is 0 Å². The molecule has 6 heteroatoms. The van der Waals surface area contributed by atoms with Crippen LogP contribution in [0, 0.1) is 6.92 Å². The van der Waals surface area contributed by atoms with Crippen LogP contribution in [0.2, 0.25) is 0 Å². The van der Waals surface area contributed by atoms with Gasteiger partial charge in [0.05, 0.1) is 12.9 Å². The van der Waals surface area contributed by atoms with Crippen LogP contribution in [0.3, 0.4) is 0 Å². The van der Waals surface area contributed by atoms with E-state index in [9.17, 15) is 14.7 Å². The highest BCUT2D eigenvalue weighted by atomic mass is 32.2. The molecule has 1 unspecified atom stereocenters. The highest BCUT2D eigenvalue weighted by Crippen LogP contribution is 2.20. The van der Waals surface area contributed by atoms with E-state index < -0.39 is 11.2 Å². The van der Waals surface area contributed by atoms with Gasteiger partial charge in [0.25, 0.3) is 0 Å². The van der Waals surface area contributed by atoms with Gasteiger partial charge in [-0.15, -0.1) is 11.8 Å². The van der Waals surface area contributed by atoms with E-state index in [1.807, 2.05) is 31.2 Å². The zero-order valence-electron chi connectivity index (χ0n) is 14.9. The van der Waals surface area contributed by atoms with Gasteiger partial charge in [0.2, 0.25) is 5.91 Å².